The van der Waals surface area contributed by atoms with Gasteiger partial charge in [0.05, 0.1) is 0 Å². The molecule has 9 rings (SSSR count). The Morgan fingerprint density at radius 3 is 0.951 bits per heavy atom. The molecule has 1 aliphatic heterocycles. The van der Waals surface area contributed by atoms with Crippen LogP contribution >= 0.6 is 0 Å². The van der Waals surface area contributed by atoms with E-state index in [1.807, 2.05) is 12.1 Å². The Morgan fingerprint density at radius 2 is 0.634 bits per heavy atom. The molecule has 82 heavy (non-hydrogen) atoms. The van der Waals surface area contributed by atoms with E-state index in [2.05, 4.69) is 232 Å². The quantitative estimate of drug-likeness (QED) is 0.0758. The second-order valence-electron chi connectivity index (χ2n) is 22.5. The van der Waals surface area contributed by atoms with Crippen LogP contribution in [0.15, 0.2) is 121 Å². The van der Waals surface area contributed by atoms with Gasteiger partial charge >= 0.3 is 497 Å². The Balaban J connectivity index is 0.00000880. The van der Waals surface area contributed by atoms with Gasteiger partial charge in [-0.05, 0) is 0 Å². The minimum atomic E-state index is -3.90. The monoisotopic (exact) mass is 1200 g/mol. The van der Waals surface area contributed by atoms with Gasteiger partial charge in [0.15, 0.2) is 0 Å². The molecular weight excluding hydrogens is 1120 g/mol. The van der Waals surface area contributed by atoms with Gasteiger partial charge in [-0.15, -0.1) is 0 Å². The second kappa shape index (κ2) is 26.9. The maximum absolute atomic E-state index is 14.8. The number of benzene rings is 8. The first-order chi connectivity index (χ1) is 39.3. The minimum absolute atomic E-state index is 0. The van der Waals surface area contributed by atoms with Crippen molar-refractivity contribution in [2.24, 2.45) is 0 Å². The zero-order valence-electron chi connectivity index (χ0n) is 51.2. The fourth-order valence-electron chi connectivity index (χ4n) is 12.1. The standard InChI is InChI=1S/2C36H42O2Si2.Ga.Li/c2*1-7-39(8-2,9-3)23-21-27-13-17-31-29(25-27)15-19-33(37)35(31)36-32-18-14-28(26-30(32)16-20-34(36)38)22-24-40(10-4,11-5)12-6;;/h2*13-20,25-26,37-38H,7-12H2,1-6H3;;/q;;+3;+1/p-4. The van der Waals surface area contributed by atoms with Gasteiger partial charge in [-0.2, -0.15) is 0 Å². The Labute approximate surface area is 513 Å². The Hall–Kier alpha value is -5.66. The zero-order valence-corrected chi connectivity index (χ0v) is 57.7. The van der Waals surface area contributed by atoms with E-state index >= 15 is 0 Å². The summed E-state index contributed by atoms with van der Waals surface area (Å²) in [5.41, 5.74) is 22.4. The molecule has 4 nitrogen and oxygen atoms in total. The maximum atomic E-state index is 14.8. The molecule has 0 unspecified atom stereocenters. The first-order valence-electron chi connectivity index (χ1n) is 30.3. The average molecular weight is 1200 g/mol. The summed E-state index contributed by atoms with van der Waals surface area (Å²) >= 11 is -3.90. The van der Waals surface area contributed by atoms with Crippen LogP contribution in [-0.4, -0.2) is 49.6 Å². The number of rotatable bonds is 15. The molecule has 0 aliphatic carbocycles. The summed E-state index contributed by atoms with van der Waals surface area (Å²) < 4.78 is 21.8. The summed E-state index contributed by atoms with van der Waals surface area (Å²) in [5.74, 6) is 16.4. The summed E-state index contributed by atoms with van der Waals surface area (Å²) in [5, 5.41) is 22.7. The van der Waals surface area contributed by atoms with Gasteiger partial charge in [0.25, 0.3) is 0 Å². The van der Waals surface area contributed by atoms with Gasteiger partial charge < -0.3 is 0 Å². The van der Waals surface area contributed by atoms with Crippen LogP contribution in [0.2, 0.25) is 72.5 Å². The third-order valence-corrected chi connectivity index (χ3v) is 40.8. The van der Waals surface area contributed by atoms with Crippen LogP contribution < -0.4 is 34.6 Å². The van der Waals surface area contributed by atoms with E-state index in [0.29, 0.717) is 22.8 Å². The van der Waals surface area contributed by atoms with E-state index in [0.717, 1.165) is 155 Å². The normalized spacial score (nSPS) is 12.2. The van der Waals surface area contributed by atoms with E-state index in [4.69, 9.17) is 10.6 Å². The van der Waals surface area contributed by atoms with Crippen LogP contribution in [0.4, 0.5) is 0 Å². The van der Waals surface area contributed by atoms with E-state index in [-0.39, 0.29) is 24.6 Å². The SMILES string of the molecule is CC[Si](C#Cc1ccc2c(-c3c([O][Ga]4[O]c5ccc6cc(C#C[Si](CC)(CC)CC)ccc6c5-c5c(ccc6cc(C#C[Si](CC)(CC)CC)ccc56)[O]4)ccc4cc(C#C[Si](CC)(CC)CC)ccc34)c([O-])ccc2c1)(CC)CC.[Li+]. The van der Waals surface area contributed by atoms with Crippen LogP contribution in [0.1, 0.15) is 105 Å². The third kappa shape index (κ3) is 12.6. The molecule has 0 atom stereocenters. The molecular formula is C72H80GaLiO4Si4. The predicted molar refractivity (Wildman–Crippen MR) is 357 cm³/mol. The molecule has 1 aliphatic rings. The van der Waals surface area contributed by atoms with Crippen molar-refractivity contribution in [3.63, 3.8) is 0 Å². The summed E-state index contributed by atoms with van der Waals surface area (Å²) in [6.07, 6.45) is 0. The smallest absolute Gasteiger partial charge is 0.0669 e. The first kappa shape index (κ1) is 62.4. The van der Waals surface area contributed by atoms with Crippen molar-refractivity contribution in [3.8, 4) is 91.1 Å². The Kier molecular flexibility index (Phi) is 20.5. The molecule has 0 saturated heterocycles. The van der Waals surface area contributed by atoms with Crippen LogP contribution in [0.3, 0.4) is 0 Å². The van der Waals surface area contributed by atoms with Gasteiger partial charge in [-0.3, -0.25) is 0 Å². The molecule has 0 N–H and O–H groups in total. The van der Waals surface area contributed by atoms with Crippen molar-refractivity contribution in [1.29, 1.82) is 0 Å². The Morgan fingerprint density at radius 1 is 0.354 bits per heavy atom. The molecule has 0 spiro atoms. The predicted octanol–water partition coefficient (Wildman–Crippen LogP) is 16.1. The number of hydrogen-bond donors (Lipinski definition) is 0. The fraction of sp³-hybridized carbons (Fsp3) is 0.333. The van der Waals surface area contributed by atoms with Crippen molar-refractivity contribution in [2.45, 2.75) is 156 Å². The Bertz CT molecular complexity index is 3780. The third-order valence-electron chi connectivity index (χ3n) is 19.1. The topological polar surface area (TPSA) is 50.8 Å². The molecule has 412 valence electrons. The van der Waals surface area contributed by atoms with Crippen molar-refractivity contribution >= 4 is 92.7 Å². The second-order valence-corrected chi connectivity index (χ2v) is 44.9. The molecule has 0 saturated carbocycles. The summed E-state index contributed by atoms with van der Waals surface area (Å²) in [7, 11) is -6.75. The molecule has 0 radical (unpaired) electrons. The summed E-state index contributed by atoms with van der Waals surface area (Å²) in [4.78, 5) is 0. The van der Waals surface area contributed by atoms with Gasteiger partial charge in [-0.25, -0.2) is 0 Å². The van der Waals surface area contributed by atoms with E-state index in [1.54, 1.807) is 6.07 Å². The van der Waals surface area contributed by atoms with Crippen LogP contribution in [-0.2, 0) is 0 Å². The first-order valence-corrected chi connectivity index (χ1v) is 43.8. The molecule has 1 heterocycles. The van der Waals surface area contributed by atoms with E-state index in [9.17, 15) is 5.11 Å². The molecule has 0 amide bonds. The van der Waals surface area contributed by atoms with Crippen molar-refractivity contribution in [2.75, 3.05) is 0 Å². The molecule has 10 heteroatoms. The van der Waals surface area contributed by atoms with Gasteiger partial charge in [0, 0.05) is 0 Å². The van der Waals surface area contributed by atoms with Crippen molar-refractivity contribution in [3.05, 3.63) is 144 Å². The van der Waals surface area contributed by atoms with Gasteiger partial charge in [0.2, 0.25) is 0 Å². The van der Waals surface area contributed by atoms with Crippen LogP contribution in [0.5, 0.6) is 23.0 Å². The average Bonchev–Trinajstić information content (AvgIpc) is 3.89. The summed E-state index contributed by atoms with van der Waals surface area (Å²) in [6, 6.07) is 55.9. The fourth-order valence-corrected chi connectivity index (χ4v) is 24.7. The molecule has 0 aromatic heterocycles. The van der Waals surface area contributed by atoms with Gasteiger partial charge in [-0.1, -0.05) is 20.8 Å². The van der Waals surface area contributed by atoms with Crippen LogP contribution in [0, 0.1) is 45.9 Å². The molecule has 0 fully saturated rings. The summed E-state index contributed by atoms with van der Waals surface area (Å²) in [6.45, 7) is 27.6. The zero-order chi connectivity index (χ0) is 57.5. The van der Waals surface area contributed by atoms with Crippen molar-refractivity contribution in [1.82, 2.24) is 0 Å². The minimum Gasteiger partial charge on any atom is -0.0669 e. The van der Waals surface area contributed by atoms with Crippen molar-refractivity contribution < 1.29 is 34.6 Å². The van der Waals surface area contributed by atoms with Gasteiger partial charge in [0.1, 0.15) is 0 Å². The van der Waals surface area contributed by atoms with Crippen LogP contribution in [0.25, 0.3) is 65.3 Å². The van der Waals surface area contributed by atoms with E-state index in [1.165, 1.54) is 0 Å². The number of fused-ring (bicyclic) bond motifs is 9. The molecule has 8 aromatic carbocycles. The van der Waals surface area contributed by atoms with E-state index < -0.39 is 49.6 Å². The number of hydrogen-bond acceptors (Lipinski definition) is 4. The molecule has 0 bridgehead atoms. The molecule has 8 aromatic rings.